The molecule has 0 aliphatic carbocycles. The quantitative estimate of drug-likeness (QED) is 0.825. The molecule has 1 aromatic heterocycles. The highest BCUT2D eigenvalue weighted by atomic mass is 16.2. The molecule has 2 saturated heterocycles. The Hall–Kier alpha value is -2.96. The summed E-state index contributed by atoms with van der Waals surface area (Å²) in [4.78, 5) is 49.9. The number of hydrogen-bond donors (Lipinski definition) is 1. The van der Waals surface area contributed by atoms with E-state index in [4.69, 9.17) is 0 Å². The number of nitrogens with zero attached hydrogens (tertiary/aromatic N) is 3. The van der Waals surface area contributed by atoms with Gasteiger partial charge in [-0.3, -0.25) is 14.4 Å². The summed E-state index contributed by atoms with van der Waals surface area (Å²) in [5.41, 5.74) is 3.37. The Kier molecular flexibility index (Phi) is 4.49. The molecule has 5 rings (SSSR count). The Morgan fingerprint density at radius 2 is 1.80 bits per heavy atom. The molecule has 1 aromatic carbocycles. The molecule has 2 amide bonds. The van der Waals surface area contributed by atoms with Crippen LogP contribution in [0.15, 0.2) is 29.1 Å². The molecule has 2 fully saturated rings. The van der Waals surface area contributed by atoms with Crippen LogP contribution in [0.4, 0.5) is 5.69 Å². The number of carbonyl (C=O) groups is 2. The average molecular weight is 406 g/mol. The van der Waals surface area contributed by atoms with E-state index in [9.17, 15) is 14.4 Å². The second-order valence-corrected chi connectivity index (χ2v) is 8.81. The first-order valence-corrected chi connectivity index (χ1v) is 10.7. The number of para-hydroxylation sites is 1. The van der Waals surface area contributed by atoms with E-state index in [0.29, 0.717) is 25.2 Å². The van der Waals surface area contributed by atoms with E-state index in [-0.39, 0.29) is 41.8 Å². The fraction of sp³-hybridized carbons (Fsp3) is 0.478. The molecule has 1 N–H and O–H groups in total. The number of amides is 2. The molecule has 3 aliphatic heterocycles. The predicted octanol–water partition coefficient (Wildman–Crippen LogP) is 1.90. The van der Waals surface area contributed by atoms with E-state index in [1.54, 1.807) is 11.8 Å². The molecule has 4 heterocycles. The molecule has 156 valence electrons. The zero-order chi connectivity index (χ0) is 21.0. The highest BCUT2D eigenvalue weighted by Crippen LogP contribution is 2.36. The molecular weight excluding hydrogens is 380 g/mol. The van der Waals surface area contributed by atoms with Crippen molar-refractivity contribution in [3.63, 3.8) is 0 Å². The highest BCUT2D eigenvalue weighted by Gasteiger charge is 2.45. The maximum atomic E-state index is 13.6. The molecule has 0 spiro atoms. The molecule has 2 aromatic rings. The summed E-state index contributed by atoms with van der Waals surface area (Å²) >= 11 is 0. The summed E-state index contributed by atoms with van der Waals surface area (Å²) in [5, 5.41) is 0. The smallest absolute Gasteiger partial charge is 0.254 e. The van der Waals surface area contributed by atoms with Crippen LogP contribution in [0.25, 0.3) is 0 Å². The summed E-state index contributed by atoms with van der Waals surface area (Å²) in [7, 11) is 0. The summed E-state index contributed by atoms with van der Waals surface area (Å²) in [6, 6.07) is 7.86. The van der Waals surface area contributed by atoms with Crippen LogP contribution in [-0.4, -0.2) is 45.3 Å². The minimum Gasteiger partial charge on any atom is -0.336 e. The van der Waals surface area contributed by atoms with E-state index in [1.165, 1.54) is 0 Å². The minimum absolute atomic E-state index is 0.00170. The molecule has 7 heteroatoms. The number of carbonyl (C=O) groups excluding carboxylic acids is 2. The lowest BCUT2D eigenvalue weighted by Gasteiger charge is -2.30. The number of rotatable bonds is 2. The van der Waals surface area contributed by atoms with Gasteiger partial charge in [-0.2, -0.15) is 0 Å². The first-order valence-electron chi connectivity index (χ1n) is 10.7. The van der Waals surface area contributed by atoms with Gasteiger partial charge >= 0.3 is 0 Å². The predicted molar refractivity (Wildman–Crippen MR) is 112 cm³/mol. The van der Waals surface area contributed by atoms with Crippen molar-refractivity contribution >= 4 is 17.5 Å². The molecule has 0 unspecified atom stereocenters. The SMILES string of the molecule is Cc1nc2c(c(=O)[nH]1)C[C@H]1CC[C@H](C2)N1C(=O)[C@@H]1CC(=O)N(c2ccccc2C)C1. The van der Waals surface area contributed by atoms with Gasteiger partial charge in [0.05, 0.1) is 11.6 Å². The fourth-order valence-electron chi connectivity index (χ4n) is 5.41. The van der Waals surface area contributed by atoms with Crippen LogP contribution in [-0.2, 0) is 22.4 Å². The lowest BCUT2D eigenvalue weighted by Crippen LogP contribution is -2.45. The van der Waals surface area contributed by atoms with Gasteiger partial charge in [-0.05, 0) is 38.3 Å². The number of hydrogen-bond acceptors (Lipinski definition) is 4. The van der Waals surface area contributed by atoms with Gasteiger partial charge in [0.2, 0.25) is 11.8 Å². The average Bonchev–Trinajstić information content (AvgIpc) is 3.22. The Balaban J connectivity index is 1.40. The van der Waals surface area contributed by atoms with Crippen molar-refractivity contribution in [1.82, 2.24) is 14.9 Å². The Morgan fingerprint density at radius 3 is 2.57 bits per heavy atom. The van der Waals surface area contributed by atoms with Gasteiger partial charge in [0.15, 0.2) is 0 Å². The maximum Gasteiger partial charge on any atom is 0.254 e. The first kappa shape index (κ1) is 19.0. The van der Waals surface area contributed by atoms with Crippen molar-refractivity contribution in [2.45, 2.75) is 58.0 Å². The van der Waals surface area contributed by atoms with Crippen molar-refractivity contribution in [1.29, 1.82) is 0 Å². The minimum atomic E-state index is -0.339. The number of aromatic amines is 1. The van der Waals surface area contributed by atoms with Crippen LogP contribution in [0.3, 0.4) is 0 Å². The molecule has 2 bridgehead atoms. The topological polar surface area (TPSA) is 86.4 Å². The van der Waals surface area contributed by atoms with Crippen LogP contribution in [0, 0.1) is 19.8 Å². The van der Waals surface area contributed by atoms with Crippen LogP contribution < -0.4 is 10.5 Å². The Labute approximate surface area is 175 Å². The van der Waals surface area contributed by atoms with E-state index < -0.39 is 0 Å². The number of anilines is 1. The van der Waals surface area contributed by atoms with Gasteiger partial charge in [0.1, 0.15) is 5.82 Å². The lowest BCUT2D eigenvalue weighted by atomic mass is 9.98. The summed E-state index contributed by atoms with van der Waals surface area (Å²) in [5.74, 6) is 0.328. The van der Waals surface area contributed by atoms with E-state index in [2.05, 4.69) is 9.97 Å². The second-order valence-electron chi connectivity index (χ2n) is 8.81. The van der Waals surface area contributed by atoms with Crippen LogP contribution in [0.2, 0.25) is 0 Å². The van der Waals surface area contributed by atoms with Gasteiger partial charge in [0, 0.05) is 49.1 Å². The zero-order valence-corrected chi connectivity index (χ0v) is 17.4. The third-order valence-electron chi connectivity index (χ3n) is 6.84. The van der Waals surface area contributed by atoms with Gasteiger partial charge in [0.25, 0.3) is 5.56 Å². The van der Waals surface area contributed by atoms with E-state index in [1.807, 2.05) is 36.1 Å². The normalized spacial score (nSPS) is 25.4. The number of fused-ring (bicyclic) bond motifs is 3. The molecule has 0 radical (unpaired) electrons. The molecule has 7 nitrogen and oxygen atoms in total. The zero-order valence-electron chi connectivity index (χ0n) is 17.4. The first-order chi connectivity index (χ1) is 14.4. The third kappa shape index (κ3) is 3.04. The maximum absolute atomic E-state index is 13.6. The fourth-order valence-corrected chi connectivity index (χ4v) is 5.41. The van der Waals surface area contributed by atoms with E-state index >= 15 is 0 Å². The molecule has 3 aliphatic rings. The summed E-state index contributed by atoms with van der Waals surface area (Å²) < 4.78 is 0. The summed E-state index contributed by atoms with van der Waals surface area (Å²) in [6.07, 6.45) is 3.22. The highest BCUT2D eigenvalue weighted by molar-refractivity contribution is 6.01. The van der Waals surface area contributed by atoms with Crippen molar-refractivity contribution in [2.24, 2.45) is 5.92 Å². The van der Waals surface area contributed by atoms with Crippen LogP contribution >= 0.6 is 0 Å². The van der Waals surface area contributed by atoms with Crippen molar-refractivity contribution in [3.8, 4) is 0 Å². The Bertz CT molecular complexity index is 1090. The summed E-state index contributed by atoms with van der Waals surface area (Å²) in [6.45, 7) is 4.19. The van der Waals surface area contributed by atoms with E-state index in [0.717, 1.165) is 35.3 Å². The number of benzene rings is 1. The molecular formula is C23H26N4O3. The van der Waals surface area contributed by atoms with Crippen LogP contribution in [0.5, 0.6) is 0 Å². The van der Waals surface area contributed by atoms with Crippen LogP contribution in [0.1, 0.15) is 41.9 Å². The van der Waals surface area contributed by atoms with Crippen molar-refractivity contribution in [2.75, 3.05) is 11.4 Å². The number of aryl methyl sites for hydroxylation is 2. The van der Waals surface area contributed by atoms with Crippen molar-refractivity contribution < 1.29 is 9.59 Å². The standard InChI is InChI=1S/C23H26N4O3/c1-13-5-3-4-6-20(13)26-12-15(9-21(26)28)23(30)27-16-7-8-17(27)11-19-18(10-16)22(29)25-14(2)24-19/h3-6,15-17H,7-12H2,1-2H3,(H,24,25,29)/t15-,16-,17-/m1/s1. The molecule has 3 atom stereocenters. The lowest BCUT2D eigenvalue weighted by molar-refractivity contribution is -0.138. The van der Waals surface area contributed by atoms with Gasteiger partial charge in [-0.1, -0.05) is 18.2 Å². The number of H-pyrrole nitrogens is 1. The monoisotopic (exact) mass is 406 g/mol. The molecule has 30 heavy (non-hydrogen) atoms. The Morgan fingerprint density at radius 1 is 1.07 bits per heavy atom. The number of aromatic nitrogens is 2. The largest absolute Gasteiger partial charge is 0.336 e. The van der Waals surface area contributed by atoms with Gasteiger partial charge in [-0.15, -0.1) is 0 Å². The third-order valence-corrected chi connectivity index (χ3v) is 6.84. The molecule has 0 saturated carbocycles. The van der Waals surface area contributed by atoms with Crippen molar-refractivity contribution in [3.05, 3.63) is 57.3 Å². The number of nitrogens with one attached hydrogen (secondary N) is 1. The van der Waals surface area contributed by atoms with Gasteiger partial charge < -0.3 is 14.8 Å². The second kappa shape index (κ2) is 7.07. The van der Waals surface area contributed by atoms with Gasteiger partial charge in [-0.25, -0.2) is 4.98 Å².